The van der Waals surface area contributed by atoms with Gasteiger partial charge in [-0.1, -0.05) is 37.1 Å². The Balaban J connectivity index is 1.73. The van der Waals surface area contributed by atoms with Crippen molar-refractivity contribution in [1.29, 1.82) is 0 Å². The van der Waals surface area contributed by atoms with Gasteiger partial charge in [-0.05, 0) is 24.0 Å². The molecule has 2 heterocycles. The van der Waals surface area contributed by atoms with E-state index < -0.39 is 5.54 Å². The fraction of sp³-hybridized carbons (Fsp3) is 0.500. The number of carbonyl (C=O) groups excluding carboxylic acids is 2. The van der Waals surface area contributed by atoms with E-state index in [2.05, 4.69) is 17.4 Å². The number of amides is 2. The molecular formula is C16H18N2O2. The van der Waals surface area contributed by atoms with E-state index in [9.17, 15) is 9.59 Å². The predicted molar refractivity (Wildman–Crippen MR) is 73.8 cm³/mol. The largest absolute Gasteiger partial charge is 0.340 e. The van der Waals surface area contributed by atoms with Crippen molar-refractivity contribution >= 4 is 11.8 Å². The van der Waals surface area contributed by atoms with E-state index in [0.717, 1.165) is 25.7 Å². The van der Waals surface area contributed by atoms with Gasteiger partial charge in [-0.25, -0.2) is 0 Å². The second-order valence-corrected chi connectivity index (χ2v) is 6.20. The molecule has 0 bridgehead atoms. The van der Waals surface area contributed by atoms with Gasteiger partial charge < -0.3 is 10.2 Å². The third kappa shape index (κ3) is 1.54. The van der Waals surface area contributed by atoms with Crippen molar-refractivity contribution in [2.24, 2.45) is 0 Å². The number of hydrogen-bond donors (Lipinski definition) is 1. The smallest absolute Gasteiger partial charge is 0.249 e. The van der Waals surface area contributed by atoms with Crippen LogP contribution in [-0.2, 0) is 22.6 Å². The molecule has 1 saturated heterocycles. The van der Waals surface area contributed by atoms with Gasteiger partial charge in [0.15, 0.2) is 0 Å². The Labute approximate surface area is 118 Å². The van der Waals surface area contributed by atoms with Crippen LogP contribution in [0.3, 0.4) is 0 Å². The first-order valence-electron chi connectivity index (χ1n) is 7.39. The average molecular weight is 270 g/mol. The Morgan fingerprint density at radius 3 is 2.55 bits per heavy atom. The third-order valence-corrected chi connectivity index (χ3v) is 5.04. The zero-order valence-corrected chi connectivity index (χ0v) is 11.4. The van der Waals surface area contributed by atoms with Gasteiger partial charge in [-0.3, -0.25) is 9.59 Å². The van der Waals surface area contributed by atoms with Crippen molar-refractivity contribution in [2.75, 3.05) is 0 Å². The topological polar surface area (TPSA) is 49.4 Å². The van der Waals surface area contributed by atoms with E-state index in [-0.39, 0.29) is 17.9 Å². The maximum Gasteiger partial charge on any atom is 0.249 e. The van der Waals surface area contributed by atoms with E-state index in [1.54, 1.807) is 0 Å². The highest BCUT2D eigenvalue weighted by atomic mass is 16.2. The maximum absolute atomic E-state index is 12.9. The van der Waals surface area contributed by atoms with Crippen LogP contribution in [0.2, 0.25) is 0 Å². The van der Waals surface area contributed by atoms with Gasteiger partial charge in [-0.2, -0.15) is 0 Å². The Morgan fingerprint density at radius 2 is 1.80 bits per heavy atom. The van der Waals surface area contributed by atoms with Crippen LogP contribution in [0.15, 0.2) is 24.3 Å². The van der Waals surface area contributed by atoms with Crippen LogP contribution in [0.25, 0.3) is 0 Å². The molecule has 0 aromatic heterocycles. The lowest BCUT2D eigenvalue weighted by Gasteiger charge is -2.46. The highest BCUT2D eigenvalue weighted by molar-refractivity contribution is 6.00. The lowest BCUT2D eigenvalue weighted by molar-refractivity contribution is -0.156. The molecule has 2 aliphatic heterocycles. The molecule has 1 aliphatic carbocycles. The fourth-order valence-electron chi connectivity index (χ4n) is 3.94. The molecular weight excluding hydrogens is 252 g/mol. The molecule has 3 aliphatic rings. The van der Waals surface area contributed by atoms with Crippen molar-refractivity contribution in [3.63, 3.8) is 0 Å². The molecule has 1 N–H and O–H groups in total. The third-order valence-electron chi connectivity index (χ3n) is 5.04. The molecule has 2 amide bonds. The summed E-state index contributed by atoms with van der Waals surface area (Å²) in [6, 6.07) is 7.80. The first-order valence-corrected chi connectivity index (χ1v) is 7.39. The van der Waals surface area contributed by atoms with Crippen LogP contribution in [0, 0.1) is 0 Å². The maximum atomic E-state index is 12.9. The standard InChI is InChI=1S/C16H18N2O2/c19-14-13-9-11-5-1-2-6-12(11)10-18(13)15(20)16(17-14)7-3-4-8-16/h1-2,5-6,13H,3-4,7-10H2,(H,17,19)/t13-/m1/s1. The van der Waals surface area contributed by atoms with E-state index in [1.807, 2.05) is 17.0 Å². The Hall–Kier alpha value is -1.84. The first-order chi connectivity index (χ1) is 9.70. The van der Waals surface area contributed by atoms with Crippen LogP contribution in [0.5, 0.6) is 0 Å². The summed E-state index contributed by atoms with van der Waals surface area (Å²) in [6.07, 6.45) is 4.29. The molecule has 1 atom stereocenters. The van der Waals surface area contributed by atoms with Crippen molar-refractivity contribution in [3.05, 3.63) is 35.4 Å². The van der Waals surface area contributed by atoms with Gasteiger partial charge in [0.2, 0.25) is 11.8 Å². The van der Waals surface area contributed by atoms with Gasteiger partial charge in [0, 0.05) is 13.0 Å². The molecule has 1 saturated carbocycles. The number of fused-ring (bicyclic) bond motifs is 2. The summed E-state index contributed by atoms with van der Waals surface area (Å²) in [4.78, 5) is 27.1. The van der Waals surface area contributed by atoms with Gasteiger partial charge in [0.05, 0.1) is 0 Å². The average Bonchev–Trinajstić information content (AvgIpc) is 2.93. The summed E-state index contributed by atoms with van der Waals surface area (Å²) in [5.41, 5.74) is 1.78. The lowest BCUT2D eigenvalue weighted by Crippen LogP contribution is -2.70. The minimum atomic E-state index is -0.597. The van der Waals surface area contributed by atoms with Gasteiger partial charge in [0.1, 0.15) is 11.6 Å². The van der Waals surface area contributed by atoms with E-state index in [1.165, 1.54) is 11.1 Å². The zero-order chi connectivity index (χ0) is 13.7. The number of rotatable bonds is 0. The number of hydrogen-bond acceptors (Lipinski definition) is 2. The summed E-state index contributed by atoms with van der Waals surface area (Å²) in [5, 5.41) is 3.04. The SMILES string of the molecule is O=C1NC2(CCCC2)C(=O)N2Cc3ccccc3C[C@H]12. The molecule has 4 nitrogen and oxygen atoms in total. The van der Waals surface area contributed by atoms with E-state index in [4.69, 9.17) is 0 Å². The lowest BCUT2D eigenvalue weighted by atomic mass is 9.85. The molecule has 20 heavy (non-hydrogen) atoms. The predicted octanol–water partition coefficient (Wildman–Crippen LogP) is 1.38. The molecule has 4 heteroatoms. The first kappa shape index (κ1) is 11.9. The number of carbonyl (C=O) groups is 2. The van der Waals surface area contributed by atoms with Crippen LogP contribution >= 0.6 is 0 Å². The van der Waals surface area contributed by atoms with E-state index >= 15 is 0 Å². The number of benzene rings is 1. The van der Waals surface area contributed by atoms with Gasteiger partial charge in [0.25, 0.3) is 0 Å². The van der Waals surface area contributed by atoms with Gasteiger partial charge in [-0.15, -0.1) is 0 Å². The van der Waals surface area contributed by atoms with Crippen LogP contribution < -0.4 is 5.32 Å². The summed E-state index contributed by atoms with van der Waals surface area (Å²) in [6.45, 7) is 0.578. The molecule has 0 radical (unpaired) electrons. The second-order valence-electron chi connectivity index (χ2n) is 6.20. The van der Waals surface area contributed by atoms with Crippen molar-refractivity contribution in [2.45, 2.75) is 50.2 Å². The van der Waals surface area contributed by atoms with Gasteiger partial charge >= 0.3 is 0 Å². The van der Waals surface area contributed by atoms with Crippen molar-refractivity contribution < 1.29 is 9.59 Å². The highest BCUT2D eigenvalue weighted by Crippen LogP contribution is 2.37. The summed E-state index contributed by atoms with van der Waals surface area (Å²) in [5.74, 6) is 0.162. The number of nitrogens with one attached hydrogen (secondary N) is 1. The minimum Gasteiger partial charge on any atom is -0.340 e. The Bertz CT molecular complexity index is 590. The van der Waals surface area contributed by atoms with Crippen LogP contribution in [0.4, 0.5) is 0 Å². The summed E-state index contributed by atoms with van der Waals surface area (Å²) in [7, 11) is 0. The molecule has 2 fully saturated rings. The molecule has 1 aromatic rings. The Kier molecular flexibility index (Phi) is 2.43. The number of nitrogens with zero attached hydrogens (tertiary/aromatic N) is 1. The summed E-state index contributed by atoms with van der Waals surface area (Å²) < 4.78 is 0. The second kappa shape index (κ2) is 4.08. The van der Waals surface area contributed by atoms with Crippen LogP contribution in [0.1, 0.15) is 36.8 Å². The zero-order valence-electron chi connectivity index (χ0n) is 11.4. The highest BCUT2D eigenvalue weighted by Gasteiger charge is 2.52. The normalized spacial score (nSPS) is 27.2. The minimum absolute atomic E-state index is 0.0287. The molecule has 0 unspecified atom stereocenters. The number of piperazine rings is 1. The summed E-state index contributed by atoms with van der Waals surface area (Å²) >= 11 is 0. The monoisotopic (exact) mass is 270 g/mol. The molecule has 1 spiro atoms. The fourth-order valence-corrected chi connectivity index (χ4v) is 3.94. The van der Waals surface area contributed by atoms with Crippen molar-refractivity contribution in [1.82, 2.24) is 10.2 Å². The molecule has 4 rings (SSSR count). The molecule has 104 valence electrons. The Morgan fingerprint density at radius 1 is 1.10 bits per heavy atom. The van der Waals surface area contributed by atoms with Crippen molar-refractivity contribution in [3.8, 4) is 0 Å². The molecule has 1 aromatic carbocycles. The van der Waals surface area contributed by atoms with E-state index in [0.29, 0.717) is 13.0 Å². The van der Waals surface area contributed by atoms with Crippen LogP contribution in [-0.4, -0.2) is 28.3 Å². The quantitative estimate of drug-likeness (QED) is 0.774.